The Balaban J connectivity index is 1.24. The molecule has 0 bridgehead atoms. The normalized spacial score (nSPS) is 22.5. The molecule has 0 spiro atoms. The molecule has 10 heteroatoms. The van der Waals surface area contributed by atoms with Crippen molar-refractivity contribution in [2.45, 2.75) is 77.0 Å². The van der Waals surface area contributed by atoms with Crippen molar-refractivity contribution < 1.29 is 27.5 Å². The van der Waals surface area contributed by atoms with Crippen LogP contribution in [0.2, 0.25) is 0 Å². The molecule has 7 nitrogen and oxygen atoms in total. The molecule has 2 saturated heterocycles. The summed E-state index contributed by atoms with van der Waals surface area (Å²) in [5, 5.41) is 4.61. The second kappa shape index (κ2) is 10.5. The Bertz CT molecular complexity index is 1170. The van der Waals surface area contributed by atoms with Crippen LogP contribution < -0.4 is 0 Å². The zero-order valence-electron chi connectivity index (χ0n) is 21.3. The van der Waals surface area contributed by atoms with Crippen LogP contribution in [0, 0.1) is 5.82 Å². The van der Waals surface area contributed by atoms with E-state index in [0.717, 1.165) is 36.6 Å². The lowest BCUT2D eigenvalue weighted by Gasteiger charge is -2.35. The Morgan fingerprint density at radius 1 is 1.08 bits per heavy atom. The van der Waals surface area contributed by atoms with Gasteiger partial charge in [0, 0.05) is 43.0 Å². The zero-order chi connectivity index (χ0) is 26.3. The summed E-state index contributed by atoms with van der Waals surface area (Å²) in [5.74, 6) is -0.924. The summed E-state index contributed by atoms with van der Waals surface area (Å²) in [7, 11) is 0. The van der Waals surface area contributed by atoms with Crippen LogP contribution in [0.5, 0.6) is 0 Å². The molecule has 1 aromatic heterocycles. The number of aromatic nitrogens is 2. The Kier molecular flexibility index (Phi) is 7.29. The van der Waals surface area contributed by atoms with E-state index in [-0.39, 0.29) is 42.0 Å². The van der Waals surface area contributed by atoms with Gasteiger partial charge in [0.15, 0.2) is 5.69 Å². The molecule has 0 saturated carbocycles. The number of benzene rings is 1. The van der Waals surface area contributed by atoms with Crippen LogP contribution in [-0.2, 0) is 28.9 Å². The van der Waals surface area contributed by atoms with Crippen LogP contribution >= 0.6 is 0 Å². The molecule has 3 heterocycles. The molecule has 37 heavy (non-hydrogen) atoms. The molecule has 1 aliphatic carbocycles. The first-order valence-electron chi connectivity index (χ1n) is 13.1. The van der Waals surface area contributed by atoms with Crippen LogP contribution in [0.1, 0.15) is 78.3 Å². The number of ether oxygens (including phenoxy) is 1. The molecule has 0 N–H and O–H groups in total. The third-order valence-corrected chi connectivity index (χ3v) is 7.77. The highest BCUT2D eigenvalue weighted by Gasteiger charge is 2.34. The number of rotatable bonds is 5. The average Bonchev–Trinajstić information content (AvgIpc) is 3.47. The highest BCUT2D eigenvalue weighted by Crippen LogP contribution is 2.32. The zero-order valence-corrected chi connectivity index (χ0v) is 21.3. The van der Waals surface area contributed by atoms with E-state index in [1.165, 1.54) is 12.1 Å². The largest absolute Gasteiger partial charge is 0.372 e. The van der Waals surface area contributed by atoms with Crippen LogP contribution in [0.15, 0.2) is 18.2 Å². The van der Waals surface area contributed by atoms with Crippen molar-refractivity contribution in [2.24, 2.45) is 0 Å². The predicted octanol–water partition coefficient (Wildman–Crippen LogP) is 4.10. The van der Waals surface area contributed by atoms with Crippen molar-refractivity contribution >= 4 is 11.8 Å². The number of nitrogens with zero attached hydrogens (tertiary/aromatic N) is 4. The van der Waals surface area contributed by atoms with Gasteiger partial charge < -0.3 is 14.5 Å². The van der Waals surface area contributed by atoms with E-state index in [0.29, 0.717) is 50.3 Å². The molecule has 3 aliphatic rings. The van der Waals surface area contributed by atoms with E-state index in [9.17, 15) is 22.8 Å². The van der Waals surface area contributed by atoms with E-state index < -0.39 is 12.2 Å². The number of halogens is 3. The number of likely N-dealkylation sites (tertiary alicyclic amines) is 1. The predicted molar refractivity (Wildman–Crippen MR) is 130 cm³/mol. The molecule has 200 valence electrons. The second-order valence-corrected chi connectivity index (χ2v) is 10.5. The van der Waals surface area contributed by atoms with E-state index >= 15 is 0 Å². The maximum absolute atomic E-state index is 14.4. The van der Waals surface area contributed by atoms with Crippen molar-refractivity contribution in [3.05, 3.63) is 52.1 Å². The maximum atomic E-state index is 14.4. The van der Waals surface area contributed by atoms with Crippen molar-refractivity contribution in [1.29, 1.82) is 0 Å². The van der Waals surface area contributed by atoms with Crippen molar-refractivity contribution in [3.63, 3.8) is 0 Å². The van der Waals surface area contributed by atoms with Gasteiger partial charge >= 0.3 is 0 Å². The number of piperidine rings is 1. The Labute approximate surface area is 214 Å². The number of carbonyl (C=O) groups excluding carboxylic acids is 2. The Hall–Kier alpha value is -2.88. The summed E-state index contributed by atoms with van der Waals surface area (Å²) in [4.78, 5) is 30.0. The first-order chi connectivity index (χ1) is 17.7. The number of hydrogen-bond donors (Lipinski definition) is 0. The fourth-order valence-corrected chi connectivity index (χ4v) is 5.98. The van der Waals surface area contributed by atoms with Gasteiger partial charge in [-0.05, 0) is 63.5 Å². The molecule has 0 radical (unpaired) electrons. The minimum Gasteiger partial charge on any atom is -0.372 e. The summed E-state index contributed by atoms with van der Waals surface area (Å²) in [6.07, 6.45) is 0.833. The van der Waals surface area contributed by atoms with Gasteiger partial charge in [0.1, 0.15) is 12.4 Å². The van der Waals surface area contributed by atoms with Gasteiger partial charge in [0.05, 0.1) is 12.2 Å². The fourth-order valence-electron chi connectivity index (χ4n) is 5.98. The van der Waals surface area contributed by atoms with Crippen molar-refractivity contribution in [2.75, 3.05) is 26.2 Å². The van der Waals surface area contributed by atoms with Gasteiger partial charge in [-0.1, -0.05) is 12.1 Å². The minimum absolute atomic E-state index is 0.0388. The van der Waals surface area contributed by atoms with Crippen LogP contribution in [-0.4, -0.2) is 69.8 Å². The lowest BCUT2D eigenvalue weighted by molar-refractivity contribution is -0.133. The van der Waals surface area contributed by atoms with Gasteiger partial charge in [-0.2, -0.15) is 5.10 Å². The van der Waals surface area contributed by atoms with Gasteiger partial charge in [-0.15, -0.1) is 0 Å². The van der Waals surface area contributed by atoms with E-state index in [4.69, 9.17) is 4.74 Å². The molecule has 2 atom stereocenters. The molecule has 2 fully saturated rings. The van der Waals surface area contributed by atoms with Crippen LogP contribution in [0.4, 0.5) is 13.2 Å². The van der Waals surface area contributed by atoms with Crippen LogP contribution in [0.3, 0.4) is 0 Å². The van der Waals surface area contributed by atoms with Crippen molar-refractivity contribution in [3.8, 4) is 0 Å². The number of hydrogen-bond acceptors (Lipinski definition) is 4. The minimum atomic E-state index is -2.71. The molecule has 5 rings (SSSR count). The van der Waals surface area contributed by atoms with E-state index in [1.54, 1.807) is 14.5 Å². The Morgan fingerprint density at radius 3 is 2.43 bits per heavy atom. The van der Waals surface area contributed by atoms with E-state index in [1.807, 2.05) is 13.8 Å². The number of carbonyl (C=O) groups is 2. The number of fused-ring (bicyclic) bond motifs is 1. The first kappa shape index (κ1) is 25.8. The Morgan fingerprint density at radius 2 is 1.78 bits per heavy atom. The molecular formula is C27H33F3N4O3. The quantitative estimate of drug-likeness (QED) is 0.598. The number of alkyl halides is 2. The molecule has 0 unspecified atom stereocenters. The van der Waals surface area contributed by atoms with E-state index in [2.05, 4.69) is 5.10 Å². The third-order valence-electron chi connectivity index (χ3n) is 7.77. The SMILES string of the molecule is C[C@@H]1CN(C(=O)c2nn(CC(=O)N3CCC(c4ccc(C(F)F)cc4F)CC3)c3c2CCC3)C[C@H](C)O1. The standard InChI is InChI=1S/C27H33F3N4O3/c1-16-13-33(14-17(2)37-16)27(36)25-21-4-3-5-23(21)34(31-25)15-24(35)32-10-8-18(9-11-32)20-7-6-19(26(29)30)12-22(20)28/h6-7,12,16-18,26H,3-5,8-11,13-15H2,1-2H3/t16-,17+. The molecule has 2 amide bonds. The molecule has 1 aromatic carbocycles. The number of morpholine rings is 1. The summed E-state index contributed by atoms with van der Waals surface area (Å²) in [6, 6.07) is 3.63. The summed E-state index contributed by atoms with van der Waals surface area (Å²) in [5.41, 5.74) is 2.46. The topological polar surface area (TPSA) is 67.7 Å². The third kappa shape index (κ3) is 5.26. The molecular weight excluding hydrogens is 485 g/mol. The highest BCUT2D eigenvalue weighted by atomic mass is 19.3. The average molecular weight is 519 g/mol. The first-order valence-corrected chi connectivity index (χ1v) is 13.1. The van der Waals surface area contributed by atoms with Gasteiger partial charge in [0.25, 0.3) is 12.3 Å². The molecule has 2 aromatic rings. The lowest BCUT2D eigenvalue weighted by atomic mass is 9.88. The van der Waals surface area contributed by atoms with Crippen molar-refractivity contribution in [1.82, 2.24) is 19.6 Å². The molecule has 2 aliphatic heterocycles. The summed E-state index contributed by atoms with van der Waals surface area (Å²) in [6.45, 7) is 5.92. The van der Waals surface area contributed by atoms with Crippen LogP contribution in [0.25, 0.3) is 0 Å². The lowest BCUT2D eigenvalue weighted by Crippen LogP contribution is -2.48. The van der Waals surface area contributed by atoms with Gasteiger partial charge in [0.2, 0.25) is 5.91 Å². The van der Waals surface area contributed by atoms with Gasteiger partial charge in [-0.25, -0.2) is 13.2 Å². The summed E-state index contributed by atoms with van der Waals surface area (Å²) < 4.78 is 47.6. The highest BCUT2D eigenvalue weighted by molar-refractivity contribution is 5.94. The monoisotopic (exact) mass is 518 g/mol. The number of amides is 2. The smallest absolute Gasteiger partial charge is 0.274 e. The van der Waals surface area contributed by atoms with Gasteiger partial charge in [-0.3, -0.25) is 14.3 Å². The maximum Gasteiger partial charge on any atom is 0.274 e. The summed E-state index contributed by atoms with van der Waals surface area (Å²) >= 11 is 0. The second-order valence-electron chi connectivity index (χ2n) is 10.5. The fraction of sp³-hybridized carbons (Fsp3) is 0.593.